The van der Waals surface area contributed by atoms with Crippen molar-refractivity contribution in [2.24, 2.45) is 0 Å². The standard InChI is InChI=1S/C16H18.C2H6/c1-13-7-3-5-9-15(13)11-12-16-10-6-4-8-14(16)2;1-2/h3-10H,11-12H2,1-2H3;1-2H3. The molecule has 0 heterocycles. The topological polar surface area (TPSA) is 0 Å². The van der Waals surface area contributed by atoms with E-state index in [2.05, 4.69) is 62.4 Å². The third-order valence-electron chi connectivity index (χ3n) is 3.19. The Balaban J connectivity index is 0.000000771. The van der Waals surface area contributed by atoms with Crippen LogP contribution in [0.3, 0.4) is 0 Å². The van der Waals surface area contributed by atoms with Crippen molar-refractivity contribution < 1.29 is 0 Å². The zero-order valence-electron chi connectivity index (χ0n) is 12.0. The van der Waals surface area contributed by atoms with Crippen LogP contribution in [0.5, 0.6) is 0 Å². The molecule has 0 spiro atoms. The van der Waals surface area contributed by atoms with Crippen molar-refractivity contribution in [3.63, 3.8) is 0 Å². The van der Waals surface area contributed by atoms with Crippen molar-refractivity contribution in [1.29, 1.82) is 0 Å². The van der Waals surface area contributed by atoms with Crippen LogP contribution in [0.4, 0.5) is 0 Å². The molecule has 0 aliphatic heterocycles. The lowest BCUT2D eigenvalue weighted by molar-refractivity contribution is 0.939. The molecule has 0 saturated heterocycles. The first kappa shape index (κ1) is 14.5. The van der Waals surface area contributed by atoms with Crippen molar-refractivity contribution in [2.75, 3.05) is 0 Å². The van der Waals surface area contributed by atoms with Gasteiger partial charge in [-0.15, -0.1) is 0 Å². The average Bonchev–Trinajstić information content (AvgIpc) is 2.42. The average molecular weight is 240 g/mol. The SMILES string of the molecule is CC.Cc1ccccc1CCc1ccccc1C. The summed E-state index contributed by atoms with van der Waals surface area (Å²) in [7, 11) is 0. The molecule has 96 valence electrons. The molecule has 0 aliphatic rings. The van der Waals surface area contributed by atoms with E-state index in [9.17, 15) is 0 Å². The number of hydrogen-bond donors (Lipinski definition) is 0. The maximum atomic E-state index is 2.23. The van der Waals surface area contributed by atoms with E-state index in [0.717, 1.165) is 12.8 Å². The molecular weight excluding hydrogens is 216 g/mol. The summed E-state index contributed by atoms with van der Waals surface area (Å²) in [6.07, 6.45) is 2.27. The summed E-state index contributed by atoms with van der Waals surface area (Å²) in [5.41, 5.74) is 5.73. The second-order valence-electron chi connectivity index (χ2n) is 4.35. The van der Waals surface area contributed by atoms with Crippen molar-refractivity contribution in [3.8, 4) is 0 Å². The zero-order chi connectivity index (χ0) is 13.4. The van der Waals surface area contributed by atoms with Crippen LogP contribution in [0.1, 0.15) is 36.1 Å². The highest BCUT2D eigenvalue weighted by atomic mass is 14.1. The highest BCUT2D eigenvalue weighted by molar-refractivity contribution is 5.30. The molecule has 18 heavy (non-hydrogen) atoms. The van der Waals surface area contributed by atoms with Gasteiger partial charge in [0.2, 0.25) is 0 Å². The Bertz CT molecular complexity index is 423. The van der Waals surface area contributed by atoms with E-state index in [4.69, 9.17) is 0 Å². The predicted molar refractivity (Wildman–Crippen MR) is 81.1 cm³/mol. The van der Waals surface area contributed by atoms with Gasteiger partial charge in [0.05, 0.1) is 0 Å². The second-order valence-corrected chi connectivity index (χ2v) is 4.35. The molecule has 0 radical (unpaired) electrons. The zero-order valence-corrected chi connectivity index (χ0v) is 12.0. The molecule has 0 fully saturated rings. The largest absolute Gasteiger partial charge is 0.0683 e. The molecule has 2 aromatic rings. The van der Waals surface area contributed by atoms with Gasteiger partial charge in [-0.2, -0.15) is 0 Å². The molecule has 0 N–H and O–H groups in total. The van der Waals surface area contributed by atoms with Crippen LogP contribution < -0.4 is 0 Å². The van der Waals surface area contributed by atoms with Gasteiger partial charge in [0, 0.05) is 0 Å². The molecule has 2 aromatic carbocycles. The first-order chi connectivity index (χ1) is 8.77. The predicted octanol–water partition coefficient (Wildman–Crippen LogP) is 5.11. The molecule has 0 atom stereocenters. The van der Waals surface area contributed by atoms with Gasteiger partial charge in [-0.25, -0.2) is 0 Å². The monoisotopic (exact) mass is 240 g/mol. The maximum Gasteiger partial charge on any atom is -0.0236 e. The lowest BCUT2D eigenvalue weighted by Gasteiger charge is -2.07. The highest BCUT2D eigenvalue weighted by Crippen LogP contribution is 2.13. The number of hydrogen-bond acceptors (Lipinski definition) is 0. The maximum absolute atomic E-state index is 2.23. The summed E-state index contributed by atoms with van der Waals surface area (Å²) in [4.78, 5) is 0. The normalized spacial score (nSPS) is 9.56. The van der Waals surface area contributed by atoms with Crippen LogP contribution in [0, 0.1) is 13.8 Å². The van der Waals surface area contributed by atoms with Gasteiger partial charge in [0.1, 0.15) is 0 Å². The summed E-state index contributed by atoms with van der Waals surface area (Å²) < 4.78 is 0. The summed E-state index contributed by atoms with van der Waals surface area (Å²) in [6.45, 7) is 8.38. The summed E-state index contributed by atoms with van der Waals surface area (Å²) >= 11 is 0. The molecule has 0 amide bonds. The molecule has 0 aliphatic carbocycles. The van der Waals surface area contributed by atoms with Crippen LogP contribution in [0.2, 0.25) is 0 Å². The van der Waals surface area contributed by atoms with Crippen LogP contribution in [0.25, 0.3) is 0 Å². The number of aryl methyl sites for hydroxylation is 4. The summed E-state index contributed by atoms with van der Waals surface area (Å²) in [5.74, 6) is 0. The fourth-order valence-corrected chi connectivity index (χ4v) is 2.05. The Morgan fingerprint density at radius 1 is 0.611 bits per heavy atom. The fourth-order valence-electron chi connectivity index (χ4n) is 2.05. The lowest BCUT2D eigenvalue weighted by Crippen LogP contribution is -1.95. The van der Waals surface area contributed by atoms with Gasteiger partial charge >= 0.3 is 0 Å². The lowest BCUT2D eigenvalue weighted by atomic mass is 9.98. The van der Waals surface area contributed by atoms with E-state index >= 15 is 0 Å². The van der Waals surface area contributed by atoms with Gasteiger partial charge in [-0.05, 0) is 48.9 Å². The van der Waals surface area contributed by atoms with Crippen molar-refractivity contribution in [3.05, 3.63) is 70.8 Å². The quantitative estimate of drug-likeness (QED) is 0.699. The van der Waals surface area contributed by atoms with Crippen molar-refractivity contribution >= 4 is 0 Å². The van der Waals surface area contributed by atoms with Gasteiger partial charge in [-0.1, -0.05) is 62.4 Å². The molecular formula is C18H24. The molecule has 0 aromatic heterocycles. The van der Waals surface area contributed by atoms with Crippen molar-refractivity contribution in [2.45, 2.75) is 40.5 Å². The summed E-state index contributed by atoms with van der Waals surface area (Å²) in [6, 6.07) is 17.3. The van der Waals surface area contributed by atoms with E-state index in [0.29, 0.717) is 0 Å². The van der Waals surface area contributed by atoms with Crippen LogP contribution in [-0.4, -0.2) is 0 Å². The van der Waals surface area contributed by atoms with E-state index in [1.54, 1.807) is 0 Å². The third kappa shape index (κ3) is 4.03. The van der Waals surface area contributed by atoms with Crippen LogP contribution in [0.15, 0.2) is 48.5 Å². The molecule has 2 rings (SSSR count). The molecule has 0 unspecified atom stereocenters. The first-order valence-corrected chi connectivity index (χ1v) is 6.86. The van der Waals surface area contributed by atoms with Gasteiger partial charge in [-0.3, -0.25) is 0 Å². The Hall–Kier alpha value is -1.56. The van der Waals surface area contributed by atoms with Gasteiger partial charge in [0.25, 0.3) is 0 Å². The molecule has 0 nitrogen and oxygen atoms in total. The third-order valence-corrected chi connectivity index (χ3v) is 3.19. The smallest absolute Gasteiger partial charge is 0.0236 e. The number of rotatable bonds is 3. The highest BCUT2D eigenvalue weighted by Gasteiger charge is 2.00. The van der Waals surface area contributed by atoms with Gasteiger partial charge < -0.3 is 0 Å². The Labute approximate surface area is 112 Å². The van der Waals surface area contributed by atoms with E-state index in [-0.39, 0.29) is 0 Å². The Morgan fingerprint density at radius 3 is 1.28 bits per heavy atom. The van der Waals surface area contributed by atoms with E-state index in [1.807, 2.05) is 13.8 Å². The number of benzene rings is 2. The second kappa shape index (κ2) is 7.71. The minimum atomic E-state index is 1.14. The van der Waals surface area contributed by atoms with E-state index < -0.39 is 0 Å². The van der Waals surface area contributed by atoms with E-state index in [1.165, 1.54) is 22.3 Å². The molecule has 0 bridgehead atoms. The molecule has 0 heteroatoms. The Kier molecular flexibility index (Phi) is 6.21. The summed E-state index contributed by atoms with van der Waals surface area (Å²) in [5, 5.41) is 0. The fraction of sp³-hybridized carbons (Fsp3) is 0.333. The minimum Gasteiger partial charge on any atom is -0.0683 e. The minimum absolute atomic E-state index is 1.14. The van der Waals surface area contributed by atoms with Crippen molar-refractivity contribution in [1.82, 2.24) is 0 Å². The van der Waals surface area contributed by atoms with Crippen LogP contribution >= 0.6 is 0 Å². The van der Waals surface area contributed by atoms with Crippen LogP contribution in [-0.2, 0) is 12.8 Å². The van der Waals surface area contributed by atoms with Gasteiger partial charge in [0.15, 0.2) is 0 Å². The molecule has 0 saturated carbocycles. The Morgan fingerprint density at radius 2 is 0.944 bits per heavy atom. The first-order valence-electron chi connectivity index (χ1n) is 6.86.